The molecule has 0 aliphatic heterocycles. The van der Waals surface area contributed by atoms with Crippen LogP contribution in [-0.4, -0.2) is 26.2 Å². The summed E-state index contributed by atoms with van der Waals surface area (Å²) in [5.74, 6) is 0. The number of anilines is 2. The van der Waals surface area contributed by atoms with Gasteiger partial charge in [-0.25, -0.2) is 15.6 Å². The normalized spacial score (nSPS) is 10.5. The predicted molar refractivity (Wildman–Crippen MR) is 56.1 cm³/mol. The van der Waals surface area contributed by atoms with Crippen LogP contribution in [0.1, 0.15) is 0 Å². The smallest absolute Gasteiger partial charge is 0.0933 e. The van der Waals surface area contributed by atoms with Gasteiger partial charge in [-0.05, 0) is 12.1 Å². The van der Waals surface area contributed by atoms with Crippen molar-refractivity contribution in [1.29, 1.82) is 0 Å². The molecule has 0 fully saturated rings. The third kappa shape index (κ3) is 2.11. The molecule has 13 heavy (non-hydrogen) atoms. The summed E-state index contributed by atoms with van der Waals surface area (Å²) in [6, 6.07) is 7.72. The Morgan fingerprint density at radius 1 is 1.23 bits per heavy atom. The molecule has 0 unspecified atom stereocenters. The van der Waals surface area contributed by atoms with Gasteiger partial charge < -0.3 is 5.73 Å². The highest BCUT2D eigenvalue weighted by Crippen LogP contribution is 2.20. The van der Waals surface area contributed by atoms with Gasteiger partial charge in [0.2, 0.25) is 0 Å². The van der Waals surface area contributed by atoms with E-state index in [0.717, 1.165) is 11.4 Å². The fourth-order valence-corrected chi connectivity index (χ4v) is 1.22. The summed E-state index contributed by atoms with van der Waals surface area (Å²) in [6.45, 7) is 0. The Balaban J connectivity index is 2.97. The minimum atomic E-state index is 0.755. The van der Waals surface area contributed by atoms with E-state index >= 15 is 0 Å². The number of nitrogens with two attached hydrogens (primary N) is 1. The van der Waals surface area contributed by atoms with Crippen LogP contribution in [0.5, 0.6) is 0 Å². The van der Waals surface area contributed by atoms with Crippen LogP contribution in [0.3, 0.4) is 0 Å². The van der Waals surface area contributed by atoms with E-state index in [1.807, 2.05) is 55.5 Å². The molecule has 0 aliphatic rings. The Hall–Kier alpha value is -1.26. The number of benzene rings is 1. The van der Waals surface area contributed by atoms with Crippen LogP contribution in [-0.2, 0) is 0 Å². The second-order valence-corrected chi connectivity index (χ2v) is 2.94. The van der Waals surface area contributed by atoms with Crippen molar-refractivity contribution >= 4 is 11.4 Å². The lowest BCUT2D eigenvalue weighted by atomic mass is 10.3. The molecule has 72 valence electrons. The lowest BCUT2D eigenvalue weighted by Crippen LogP contribution is -2.45. The predicted octanol–water partition coefficient (Wildman–Crippen LogP) is 0.686. The maximum Gasteiger partial charge on any atom is 0.0933 e. The second-order valence-electron chi connectivity index (χ2n) is 2.94. The quantitative estimate of drug-likeness (QED) is 0.530. The third-order valence-corrected chi connectivity index (χ3v) is 1.78. The average molecular weight is 180 g/mol. The molecule has 0 saturated carbocycles. The summed E-state index contributed by atoms with van der Waals surface area (Å²) in [4.78, 5) is 0. The molecule has 4 nitrogen and oxygen atoms in total. The van der Waals surface area contributed by atoms with Crippen molar-refractivity contribution in [2.24, 2.45) is 0 Å². The van der Waals surface area contributed by atoms with E-state index in [0.29, 0.717) is 0 Å². The van der Waals surface area contributed by atoms with Crippen LogP contribution in [0.15, 0.2) is 24.3 Å². The lowest BCUT2D eigenvalue weighted by molar-refractivity contribution is 0.336. The van der Waals surface area contributed by atoms with Gasteiger partial charge in [-0.15, -0.1) is 0 Å². The fraction of sp³-hybridized carbons (Fsp3) is 0.333. The summed E-state index contributed by atoms with van der Waals surface area (Å²) in [5.41, 5.74) is 10.6. The fourth-order valence-electron chi connectivity index (χ4n) is 1.22. The van der Waals surface area contributed by atoms with Crippen LogP contribution in [0.25, 0.3) is 0 Å². The van der Waals surface area contributed by atoms with E-state index < -0.39 is 0 Å². The molecule has 0 aliphatic carbocycles. The molecule has 0 radical (unpaired) electrons. The van der Waals surface area contributed by atoms with Crippen LogP contribution < -0.4 is 16.3 Å². The van der Waals surface area contributed by atoms with Crippen molar-refractivity contribution < 1.29 is 0 Å². The number of hydrogen-bond acceptors (Lipinski definition) is 4. The van der Waals surface area contributed by atoms with E-state index in [1.165, 1.54) is 0 Å². The molecule has 1 aromatic carbocycles. The van der Waals surface area contributed by atoms with Crippen molar-refractivity contribution in [1.82, 2.24) is 10.4 Å². The molecule has 0 bridgehead atoms. The van der Waals surface area contributed by atoms with Gasteiger partial charge in [0.25, 0.3) is 0 Å². The zero-order valence-corrected chi connectivity index (χ0v) is 8.28. The number of para-hydroxylation sites is 2. The molecule has 0 heterocycles. The highest BCUT2D eigenvalue weighted by Gasteiger charge is 2.08. The van der Waals surface area contributed by atoms with E-state index in [4.69, 9.17) is 5.73 Å². The minimum Gasteiger partial charge on any atom is -0.397 e. The summed E-state index contributed by atoms with van der Waals surface area (Å²) < 4.78 is 0. The Bertz CT molecular complexity index is 272. The molecular formula is C9H16N4. The van der Waals surface area contributed by atoms with Crippen LogP contribution in [0, 0.1) is 0 Å². The molecule has 0 saturated heterocycles. The van der Waals surface area contributed by atoms with Crippen molar-refractivity contribution in [3.05, 3.63) is 24.3 Å². The van der Waals surface area contributed by atoms with E-state index in [-0.39, 0.29) is 0 Å². The molecule has 0 amide bonds. The summed E-state index contributed by atoms with van der Waals surface area (Å²) in [6.07, 6.45) is 0. The SMILES string of the molecule is CNN(c1ccccc1N)N(C)C. The van der Waals surface area contributed by atoms with Gasteiger partial charge in [0, 0.05) is 21.1 Å². The van der Waals surface area contributed by atoms with Gasteiger partial charge in [-0.2, -0.15) is 0 Å². The maximum absolute atomic E-state index is 5.83. The summed E-state index contributed by atoms with van der Waals surface area (Å²) in [7, 11) is 5.75. The number of hydrogen-bond donors (Lipinski definition) is 2. The first-order valence-corrected chi connectivity index (χ1v) is 4.16. The highest BCUT2D eigenvalue weighted by molar-refractivity contribution is 5.65. The van der Waals surface area contributed by atoms with E-state index in [1.54, 1.807) is 0 Å². The molecule has 0 spiro atoms. The van der Waals surface area contributed by atoms with Crippen molar-refractivity contribution in [2.75, 3.05) is 32.0 Å². The van der Waals surface area contributed by atoms with Crippen LogP contribution in [0.2, 0.25) is 0 Å². The first-order valence-electron chi connectivity index (χ1n) is 4.16. The molecule has 3 N–H and O–H groups in total. The number of nitrogen functional groups attached to an aromatic ring is 1. The number of hydrazine groups is 2. The molecule has 0 aromatic heterocycles. The maximum atomic E-state index is 5.83. The zero-order valence-electron chi connectivity index (χ0n) is 8.28. The van der Waals surface area contributed by atoms with E-state index in [9.17, 15) is 0 Å². The monoisotopic (exact) mass is 180 g/mol. The van der Waals surface area contributed by atoms with Crippen molar-refractivity contribution in [2.45, 2.75) is 0 Å². The molecule has 4 heteroatoms. The molecular weight excluding hydrogens is 164 g/mol. The van der Waals surface area contributed by atoms with Crippen LogP contribution in [0.4, 0.5) is 11.4 Å². The number of rotatable bonds is 3. The Morgan fingerprint density at radius 2 is 1.85 bits per heavy atom. The first-order chi connectivity index (χ1) is 6.16. The molecule has 1 rings (SSSR count). The molecule has 1 aromatic rings. The standard InChI is InChI=1S/C9H16N4/c1-11-13(12(2)3)9-7-5-4-6-8(9)10/h4-7,11H,10H2,1-3H3. The summed E-state index contributed by atoms with van der Waals surface area (Å²) in [5, 5.41) is 3.79. The Labute approximate surface area is 78.9 Å². The Kier molecular flexibility index (Phi) is 3.11. The highest BCUT2D eigenvalue weighted by atomic mass is 15.8. The van der Waals surface area contributed by atoms with Crippen LogP contribution >= 0.6 is 0 Å². The van der Waals surface area contributed by atoms with Gasteiger partial charge in [0.1, 0.15) is 0 Å². The number of nitrogens with zero attached hydrogens (tertiary/aromatic N) is 2. The van der Waals surface area contributed by atoms with Crippen molar-refractivity contribution in [3.8, 4) is 0 Å². The topological polar surface area (TPSA) is 44.5 Å². The third-order valence-electron chi connectivity index (χ3n) is 1.78. The molecule has 0 atom stereocenters. The zero-order chi connectivity index (χ0) is 9.84. The van der Waals surface area contributed by atoms with Gasteiger partial charge in [0.05, 0.1) is 11.4 Å². The minimum absolute atomic E-state index is 0.755. The van der Waals surface area contributed by atoms with Crippen molar-refractivity contribution in [3.63, 3.8) is 0 Å². The van der Waals surface area contributed by atoms with Gasteiger partial charge in [0.15, 0.2) is 0 Å². The van der Waals surface area contributed by atoms with Gasteiger partial charge >= 0.3 is 0 Å². The van der Waals surface area contributed by atoms with E-state index in [2.05, 4.69) is 5.43 Å². The first kappa shape index (κ1) is 9.83. The lowest BCUT2D eigenvalue weighted by Gasteiger charge is -2.30. The second kappa shape index (κ2) is 4.11. The van der Waals surface area contributed by atoms with Gasteiger partial charge in [-0.1, -0.05) is 12.1 Å². The Morgan fingerprint density at radius 3 is 2.31 bits per heavy atom. The summed E-state index contributed by atoms with van der Waals surface area (Å²) >= 11 is 0. The average Bonchev–Trinajstić information content (AvgIpc) is 2.09. The largest absolute Gasteiger partial charge is 0.397 e. The number of nitrogens with one attached hydrogen (secondary N) is 1. The van der Waals surface area contributed by atoms with Gasteiger partial charge in [-0.3, -0.25) is 0 Å².